The third kappa shape index (κ3) is 2.28. The van der Waals surface area contributed by atoms with Crippen molar-refractivity contribution >= 4 is 27.5 Å². The summed E-state index contributed by atoms with van der Waals surface area (Å²) in [4.78, 5) is 13.9. The number of carbonyl (C=O) groups excluding carboxylic acids is 1. The molecule has 1 aliphatic heterocycles. The molecule has 1 fully saturated rings. The van der Waals surface area contributed by atoms with Crippen LogP contribution in [0, 0.1) is 0 Å². The summed E-state index contributed by atoms with van der Waals surface area (Å²) < 4.78 is 1.00. The fourth-order valence-electron chi connectivity index (χ4n) is 2.02. The summed E-state index contributed by atoms with van der Waals surface area (Å²) in [5.74, 6) is 0.181. The van der Waals surface area contributed by atoms with Crippen molar-refractivity contribution < 1.29 is 4.79 Å². The number of rotatable bonds is 3. The number of nitrogens with one attached hydrogen (secondary N) is 1. The van der Waals surface area contributed by atoms with Gasteiger partial charge in [-0.1, -0.05) is 28.9 Å². The fourth-order valence-corrected chi connectivity index (χ4v) is 2.40. The third-order valence-corrected chi connectivity index (χ3v) is 3.27. The number of amides is 1. The Morgan fingerprint density at radius 3 is 3.06 bits per heavy atom. The van der Waals surface area contributed by atoms with E-state index in [0.29, 0.717) is 0 Å². The maximum Gasteiger partial charge on any atom is 0.244 e. The molecule has 86 valence electrons. The lowest BCUT2D eigenvalue weighted by molar-refractivity contribution is -0.118. The van der Waals surface area contributed by atoms with E-state index in [9.17, 15) is 4.79 Å². The fraction of sp³-hybridized carbons (Fsp3) is 0.417. The molecule has 3 nitrogen and oxygen atoms in total. The zero-order valence-electron chi connectivity index (χ0n) is 9.24. The van der Waals surface area contributed by atoms with Gasteiger partial charge in [0.15, 0.2) is 0 Å². The van der Waals surface area contributed by atoms with E-state index in [-0.39, 0.29) is 11.9 Å². The molecule has 1 aliphatic rings. The van der Waals surface area contributed by atoms with Crippen molar-refractivity contribution in [2.45, 2.75) is 19.4 Å². The lowest BCUT2D eigenvalue weighted by atomic mass is 10.2. The van der Waals surface area contributed by atoms with E-state index >= 15 is 0 Å². The van der Waals surface area contributed by atoms with Crippen LogP contribution < -0.4 is 10.2 Å². The van der Waals surface area contributed by atoms with Crippen LogP contribution in [-0.4, -0.2) is 25.0 Å². The summed E-state index contributed by atoms with van der Waals surface area (Å²) in [6.07, 6.45) is 0.888. The van der Waals surface area contributed by atoms with Crippen LogP contribution in [0.15, 0.2) is 28.7 Å². The van der Waals surface area contributed by atoms with Gasteiger partial charge >= 0.3 is 0 Å². The smallest absolute Gasteiger partial charge is 0.244 e. The zero-order chi connectivity index (χ0) is 11.5. The zero-order valence-corrected chi connectivity index (χ0v) is 10.8. The van der Waals surface area contributed by atoms with Gasteiger partial charge in [0.25, 0.3) is 0 Å². The van der Waals surface area contributed by atoms with Gasteiger partial charge in [-0.05, 0) is 31.2 Å². The van der Waals surface area contributed by atoms with E-state index in [4.69, 9.17) is 0 Å². The minimum atomic E-state index is -0.0102. The predicted octanol–water partition coefficient (Wildman–Crippen LogP) is 2.16. The molecule has 0 aromatic heterocycles. The molecule has 1 saturated heterocycles. The number of halogens is 1. The highest BCUT2D eigenvalue weighted by Gasteiger charge is 2.31. The highest BCUT2D eigenvalue weighted by Crippen LogP contribution is 2.24. The Bertz CT molecular complexity index is 394. The molecule has 4 heteroatoms. The molecule has 0 bridgehead atoms. The lowest BCUT2D eigenvalue weighted by Gasteiger charge is -2.17. The van der Waals surface area contributed by atoms with Gasteiger partial charge < -0.3 is 10.2 Å². The lowest BCUT2D eigenvalue weighted by Crippen LogP contribution is -2.38. The maximum absolute atomic E-state index is 12.1. The first-order chi connectivity index (χ1) is 7.72. The normalized spacial score (nSPS) is 20.5. The summed E-state index contributed by atoms with van der Waals surface area (Å²) in [6, 6.07) is 7.85. The van der Waals surface area contributed by atoms with Crippen LogP contribution in [0.25, 0.3) is 0 Å². The molecule has 0 aliphatic carbocycles. The molecule has 0 radical (unpaired) electrons. The van der Waals surface area contributed by atoms with Crippen molar-refractivity contribution in [1.29, 1.82) is 0 Å². The highest BCUT2D eigenvalue weighted by atomic mass is 79.9. The third-order valence-electron chi connectivity index (χ3n) is 2.78. The Hall–Kier alpha value is -0.870. The van der Waals surface area contributed by atoms with Gasteiger partial charge in [-0.15, -0.1) is 0 Å². The maximum atomic E-state index is 12.1. The number of benzene rings is 1. The van der Waals surface area contributed by atoms with Gasteiger partial charge in [0.1, 0.15) is 0 Å². The number of likely N-dealkylation sites (N-methyl/N-ethyl adjacent to an activating group) is 1. The first-order valence-electron chi connectivity index (χ1n) is 5.52. The van der Waals surface area contributed by atoms with Gasteiger partial charge in [-0.2, -0.15) is 0 Å². The van der Waals surface area contributed by atoms with Gasteiger partial charge in [-0.3, -0.25) is 4.79 Å². The second-order valence-corrected chi connectivity index (χ2v) is 4.78. The van der Waals surface area contributed by atoms with Crippen LogP contribution in [0.5, 0.6) is 0 Å². The second kappa shape index (κ2) is 4.97. The molecule has 0 saturated carbocycles. The Kier molecular flexibility index (Phi) is 3.61. The van der Waals surface area contributed by atoms with E-state index in [1.165, 1.54) is 0 Å². The van der Waals surface area contributed by atoms with Gasteiger partial charge in [0, 0.05) is 16.7 Å². The first-order valence-corrected chi connectivity index (χ1v) is 6.32. The predicted molar refractivity (Wildman–Crippen MR) is 68.6 cm³/mol. The molecule has 1 atom stereocenters. The van der Waals surface area contributed by atoms with Gasteiger partial charge in [-0.25, -0.2) is 0 Å². The molecule has 0 spiro atoms. The minimum Gasteiger partial charge on any atom is -0.311 e. The van der Waals surface area contributed by atoms with Crippen LogP contribution in [0.4, 0.5) is 5.69 Å². The summed E-state index contributed by atoms with van der Waals surface area (Å²) in [7, 11) is 0. The summed E-state index contributed by atoms with van der Waals surface area (Å²) in [5, 5.41) is 3.21. The van der Waals surface area contributed by atoms with E-state index in [1.807, 2.05) is 36.1 Å². The van der Waals surface area contributed by atoms with Crippen molar-refractivity contribution in [2.24, 2.45) is 0 Å². The van der Waals surface area contributed by atoms with Gasteiger partial charge in [0.05, 0.1) is 6.04 Å². The van der Waals surface area contributed by atoms with Crippen LogP contribution in [-0.2, 0) is 4.79 Å². The van der Waals surface area contributed by atoms with Crippen molar-refractivity contribution in [3.63, 3.8) is 0 Å². The molecule has 16 heavy (non-hydrogen) atoms. The second-order valence-electron chi connectivity index (χ2n) is 3.87. The van der Waals surface area contributed by atoms with Gasteiger partial charge in [0.2, 0.25) is 5.91 Å². The quantitative estimate of drug-likeness (QED) is 0.922. The van der Waals surface area contributed by atoms with Crippen LogP contribution in [0.2, 0.25) is 0 Å². The molecule has 1 aromatic rings. The van der Waals surface area contributed by atoms with E-state index < -0.39 is 0 Å². The summed E-state index contributed by atoms with van der Waals surface area (Å²) >= 11 is 3.42. The number of nitrogens with zero attached hydrogens (tertiary/aromatic N) is 1. The molecule has 2 rings (SSSR count). The first kappa shape index (κ1) is 11.6. The number of hydrogen-bond acceptors (Lipinski definition) is 2. The Balaban J connectivity index is 2.15. The average Bonchev–Trinajstić information content (AvgIpc) is 2.61. The largest absolute Gasteiger partial charge is 0.311 e. The Labute approximate surface area is 104 Å². The van der Waals surface area contributed by atoms with Crippen molar-refractivity contribution in [3.05, 3.63) is 28.7 Å². The number of carbonyl (C=O) groups is 1. The summed E-state index contributed by atoms with van der Waals surface area (Å²) in [5.41, 5.74) is 0.972. The van der Waals surface area contributed by atoms with Crippen LogP contribution in [0.3, 0.4) is 0 Å². The molecular formula is C12H15BrN2O. The van der Waals surface area contributed by atoms with Crippen LogP contribution in [0.1, 0.15) is 13.3 Å². The van der Waals surface area contributed by atoms with Crippen molar-refractivity contribution in [1.82, 2.24) is 5.32 Å². The monoisotopic (exact) mass is 282 g/mol. The van der Waals surface area contributed by atoms with E-state index in [0.717, 1.165) is 29.7 Å². The molecule has 1 N–H and O–H groups in total. The minimum absolute atomic E-state index is 0.0102. The van der Waals surface area contributed by atoms with Crippen molar-refractivity contribution in [2.75, 3.05) is 18.0 Å². The SMILES string of the molecule is CCNC1CCN(c2cccc(Br)c2)C1=O. The molecule has 1 aromatic carbocycles. The number of anilines is 1. The van der Waals surface area contributed by atoms with Crippen molar-refractivity contribution in [3.8, 4) is 0 Å². The topological polar surface area (TPSA) is 32.3 Å². The van der Waals surface area contributed by atoms with E-state index in [1.54, 1.807) is 0 Å². The standard InChI is InChI=1S/C12H15BrN2O/c1-2-14-11-6-7-15(12(11)16)10-5-3-4-9(13)8-10/h3-5,8,11,14H,2,6-7H2,1H3. The average molecular weight is 283 g/mol. The number of hydrogen-bond donors (Lipinski definition) is 1. The van der Waals surface area contributed by atoms with E-state index in [2.05, 4.69) is 21.2 Å². The highest BCUT2D eigenvalue weighted by molar-refractivity contribution is 9.10. The molecular weight excluding hydrogens is 268 g/mol. The molecule has 1 heterocycles. The molecule has 1 unspecified atom stereocenters. The van der Waals surface area contributed by atoms with Crippen LogP contribution >= 0.6 is 15.9 Å². The Morgan fingerprint density at radius 2 is 2.38 bits per heavy atom. The molecule has 1 amide bonds. The summed E-state index contributed by atoms with van der Waals surface area (Å²) in [6.45, 7) is 3.66. The Morgan fingerprint density at radius 1 is 1.56 bits per heavy atom.